The van der Waals surface area contributed by atoms with Gasteiger partial charge in [-0.15, -0.1) is 0 Å². The zero-order valence-corrected chi connectivity index (χ0v) is 10.8. The van der Waals surface area contributed by atoms with Gasteiger partial charge in [0.25, 0.3) is 0 Å². The van der Waals surface area contributed by atoms with E-state index in [0.717, 1.165) is 12.1 Å². The van der Waals surface area contributed by atoms with Gasteiger partial charge in [-0.3, -0.25) is 0 Å². The third-order valence-electron chi connectivity index (χ3n) is 3.08. The van der Waals surface area contributed by atoms with Crippen LogP contribution >= 0.6 is 0 Å². The Morgan fingerprint density at radius 2 is 2.37 bits per heavy atom. The number of carbonyl (C=O) groups is 1. The van der Waals surface area contributed by atoms with Gasteiger partial charge in [-0.05, 0) is 19.8 Å². The minimum Gasteiger partial charge on any atom is -0.462 e. The molecule has 0 atom stereocenters. The van der Waals surface area contributed by atoms with Crippen LogP contribution < -0.4 is 5.32 Å². The summed E-state index contributed by atoms with van der Waals surface area (Å²) >= 11 is 0. The minimum atomic E-state index is -0.381. The number of carbonyl (C=O) groups excluding carboxylic acids is 1. The fourth-order valence-corrected chi connectivity index (χ4v) is 1.91. The van der Waals surface area contributed by atoms with Crippen LogP contribution in [0.25, 0.3) is 5.65 Å². The van der Waals surface area contributed by atoms with E-state index in [9.17, 15) is 4.79 Å². The van der Waals surface area contributed by atoms with E-state index in [1.165, 1.54) is 19.0 Å². The highest BCUT2D eigenvalue weighted by Gasteiger charge is 2.20. The largest absolute Gasteiger partial charge is 0.462 e. The average Bonchev–Trinajstić information content (AvgIpc) is 3.14. The highest BCUT2D eigenvalue weighted by atomic mass is 16.5. The molecule has 0 amide bonds. The fraction of sp³-hybridized carbons (Fsp3) is 0.462. The number of fused-ring (bicyclic) bond motifs is 1. The van der Waals surface area contributed by atoms with Gasteiger partial charge in [-0.1, -0.05) is 0 Å². The molecular formula is C13H16N4O2. The summed E-state index contributed by atoms with van der Waals surface area (Å²) in [5.74, 6) is -0.381. The van der Waals surface area contributed by atoms with E-state index in [1.807, 2.05) is 6.20 Å². The topological polar surface area (TPSA) is 68.5 Å². The predicted molar refractivity (Wildman–Crippen MR) is 68.8 cm³/mol. The van der Waals surface area contributed by atoms with Gasteiger partial charge in [0.2, 0.25) is 0 Å². The highest BCUT2D eigenvalue weighted by molar-refractivity contribution is 5.95. The molecule has 0 bridgehead atoms. The lowest BCUT2D eigenvalue weighted by atomic mass is 10.3. The summed E-state index contributed by atoms with van der Waals surface area (Å²) in [5.41, 5.74) is 2.00. The third-order valence-corrected chi connectivity index (χ3v) is 3.08. The predicted octanol–water partition coefficient (Wildman–Crippen LogP) is 1.16. The molecule has 19 heavy (non-hydrogen) atoms. The van der Waals surface area contributed by atoms with Crippen LogP contribution in [0.5, 0.6) is 0 Å². The summed E-state index contributed by atoms with van der Waals surface area (Å²) in [6.07, 6.45) is 7.67. The van der Waals surface area contributed by atoms with Crippen molar-refractivity contribution in [3.63, 3.8) is 0 Å². The van der Waals surface area contributed by atoms with Gasteiger partial charge in [0.15, 0.2) is 5.65 Å². The van der Waals surface area contributed by atoms with Gasteiger partial charge in [0, 0.05) is 30.5 Å². The van der Waals surface area contributed by atoms with Crippen molar-refractivity contribution in [1.29, 1.82) is 0 Å². The molecule has 100 valence electrons. The monoisotopic (exact) mass is 260 g/mol. The van der Waals surface area contributed by atoms with E-state index in [4.69, 9.17) is 4.74 Å². The summed E-state index contributed by atoms with van der Waals surface area (Å²) in [5, 5.41) is 7.57. The summed E-state index contributed by atoms with van der Waals surface area (Å²) < 4.78 is 6.59. The standard InChI is InChI=1S/C13H16N4O2/c1-2-19-13(18)11-7-16-17-8-9(6-15-12(11)17)5-14-10-3-4-10/h6-8,10,14H,2-5H2,1H3. The lowest BCUT2D eigenvalue weighted by Gasteiger charge is -2.03. The summed E-state index contributed by atoms with van der Waals surface area (Å²) in [7, 11) is 0. The third kappa shape index (κ3) is 2.58. The maximum absolute atomic E-state index is 11.7. The first-order valence-electron chi connectivity index (χ1n) is 6.50. The number of esters is 1. The lowest BCUT2D eigenvalue weighted by Crippen LogP contribution is -2.16. The van der Waals surface area contributed by atoms with E-state index in [-0.39, 0.29) is 5.97 Å². The molecule has 1 saturated carbocycles. The van der Waals surface area contributed by atoms with Crippen molar-refractivity contribution in [1.82, 2.24) is 19.9 Å². The summed E-state index contributed by atoms with van der Waals surface area (Å²) in [4.78, 5) is 16.0. The minimum absolute atomic E-state index is 0.347. The molecule has 0 spiro atoms. The Balaban J connectivity index is 1.81. The van der Waals surface area contributed by atoms with Gasteiger partial charge >= 0.3 is 5.97 Å². The van der Waals surface area contributed by atoms with E-state index in [0.29, 0.717) is 23.9 Å². The van der Waals surface area contributed by atoms with Crippen LogP contribution in [0, 0.1) is 0 Å². The molecule has 2 aromatic heterocycles. The molecule has 0 aromatic carbocycles. The van der Waals surface area contributed by atoms with E-state index < -0.39 is 0 Å². The Morgan fingerprint density at radius 3 is 3.11 bits per heavy atom. The molecule has 2 aromatic rings. The van der Waals surface area contributed by atoms with Crippen LogP contribution in [-0.2, 0) is 11.3 Å². The van der Waals surface area contributed by atoms with Crippen molar-refractivity contribution in [2.75, 3.05) is 6.61 Å². The second-order valence-corrected chi connectivity index (χ2v) is 4.66. The maximum atomic E-state index is 11.7. The number of hydrogen-bond donors (Lipinski definition) is 1. The second-order valence-electron chi connectivity index (χ2n) is 4.66. The fourth-order valence-electron chi connectivity index (χ4n) is 1.91. The van der Waals surface area contributed by atoms with Gasteiger partial charge < -0.3 is 10.1 Å². The Bertz CT molecular complexity index is 604. The van der Waals surface area contributed by atoms with Gasteiger partial charge in [0.05, 0.1) is 12.8 Å². The van der Waals surface area contributed by atoms with Crippen molar-refractivity contribution in [3.8, 4) is 0 Å². The number of aromatic nitrogens is 3. The van der Waals surface area contributed by atoms with Gasteiger partial charge in [-0.2, -0.15) is 5.10 Å². The molecule has 0 radical (unpaired) electrons. The molecule has 0 saturated heterocycles. The molecule has 1 aliphatic carbocycles. The highest BCUT2D eigenvalue weighted by Crippen LogP contribution is 2.19. The first-order valence-corrected chi connectivity index (χ1v) is 6.50. The summed E-state index contributed by atoms with van der Waals surface area (Å²) in [6.45, 7) is 2.90. The van der Waals surface area contributed by atoms with Crippen LogP contribution in [0.15, 0.2) is 18.6 Å². The quantitative estimate of drug-likeness (QED) is 0.817. The van der Waals surface area contributed by atoms with Crippen molar-refractivity contribution < 1.29 is 9.53 Å². The van der Waals surface area contributed by atoms with Crippen LogP contribution in [0.1, 0.15) is 35.7 Å². The Labute approximate surface area is 110 Å². The molecule has 6 nitrogen and oxygen atoms in total. The average molecular weight is 260 g/mol. The van der Waals surface area contributed by atoms with Crippen molar-refractivity contribution in [2.24, 2.45) is 0 Å². The van der Waals surface area contributed by atoms with Crippen LogP contribution in [-0.4, -0.2) is 33.2 Å². The van der Waals surface area contributed by atoms with Crippen LogP contribution in [0.4, 0.5) is 0 Å². The van der Waals surface area contributed by atoms with E-state index in [2.05, 4.69) is 15.4 Å². The van der Waals surface area contributed by atoms with Crippen LogP contribution in [0.3, 0.4) is 0 Å². The maximum Gasteiger partial charge on any atom is 0.343 e. The number of ether oxygens (including phenoxy) is 1. The molecule has 2 heterocycles. The molecule has 0 unspecified atom stereocenters. The van der Waals surface area contributed by atoms with Crippen molar-refractivity contribution in [3.05, 3.63) is 29.7 Å². The van der Waals surface area contributed by atoms with E-state index >= 15 is 0 Å². The number of rotatable bonds is 5. The van der Waals surface area contributed by atoms with E-state index in [1.54, 1.807) is 17.6 Å². The molecule has 6 heteroatoms. The number of hydrogen-bond acceptors (Lipinski definition) is 5. The first kappa shape index (κ1) is 12.1. The SMILES string of the molecule is CCOC(=O)c1cnn2cc(CNC3CC3)cnc12. The second kappa shape index (κ2) is 4.97. The van der Waals surface area contributed by atoms with Crippen molar-refractivity contribution in [2.45, 2.75) is 32.4 Å². The van der Waals surface area contributed by atoms with Crippen molar-refractivity contribution >= 4 is 11.6 Å². The lowest BCUT2D eigenvalue weighted by molar-refractivity contribution is 0.0528. The zero-order valence-electron chi connectivity index (χ0n) is 10.8. The first-order chi connectivity index (χ1) is 9.28. The zero-order chi connectivity index (χ0) is 13.2. The van der Waals surface area contributed by atoms with Gasteiger partial charge in [-0.25, -0.2) is 14.3 Å². The van der Waals surface area contributed by atoms with Crippen LogP contribution in [0.2, 0.25) is 0 Å². The molecule has 1 aliphatic rings. The van der Waals surface area contributed by atoms with Gasteiger partial charge in [0.1, 0.15) is 5.56 Å². The molecule has 1 fully saturated rings. The Hall–Kier alpha value is -1.95. The molecule has 0 aliphatic heterocycles. The molecular weight excluding hydrogens is 244 g/mol. The smallest absolute Gasteiger partial charge is 0.343 e. The Morgan fingerprint density at radius 1 is 1.53 bits per heavy atom. The number of nitrogens with zero attached hydrogens (tertiary/aromatic N) is 3. The number of nitrogens with one attached hydrogen (secondary N) is 1. The normalized spacial score (nSPS) is 14.8. The Kier molecular flexibility index (Phi) is 3.16. The molecule has 3 rings (SSSR count). The molecule has 1 N–H and O–H groups in total. The summed E-state index contributed by atoms with van der Waals surface area (Å²) in [6, 6.07) is 0.656.